The molecule has 2 saturated heterocycles. The van der Waals surface area contributed by atoms with Crippen LogP contribution in [0.15, 0.2) is 48.7 Å². The highest BCUT2D eigenvalue weighted by Crippen LogP contribution is 2.31. The van der Waals surface area contributed by atoms with Gasteiger partial charge in [0.1, 0.15) is 18.0 Å². The third-order valence-electron chi connectivity index (χ3n) is 6.44. The van der Waals surface area contributed by atoms with Crippen LogP contribution < -0.4 is 4.90 Å². The van der Waals surface area contributed by atoms with E-state index in [9.17, 15) is 14.0 Å². The normalized spacial score (nSPS) is 18.7. The van der Waals surface area contributed by atoms with Crippen molar-refractivity contribution in [3.63, 3.8) is 0 Å². The molecule has 0 radical (unpaired) electrons. The van der Waals surface area contributed by atoms with Crippen LogP contribution in [0.2, 0.25) is 0 Å². The zero-order valence-electron chi connectivity index (χ0n) is 18.5. The zero-order chi connectivity index (χ0) is 22.9. The van der Waals surface area contributed by atoms with Crippen molar-refractivity contribution in [2.75, 3.05) is 44.8 Å². The number of hydrogen-bond donors (Lipinski definition) is 0. The number of para-hydroxylation sites is 1. The van der Waals surface area contributed by atoms with Crippen LogP contribution >= 0.6 is 0 Å². The summed E-state index contributed by atoms with van der Waals surface area (Å²) < 4.78 is 21.1. The van der Waals surface area contributed by atoms with Crippen LogP contribution in [0.5, 0.6) is 0 Å². The SMILES string of the molecule is COC[C@H]1CCCN1C(=O)CN1CCN(c2cccc3c2cnn3-c2ccccc2F)C1=O. The predicted octanol–water partition coefficient (Wildman–Crippen LogP) is 3.04. The molecule has 0 aliphatic carbocycles. The smallest absolute Gasteiger partial charge is 0.325 e. The summed E-state index contributed by atoms with van der Waals surface area (Å²) in [5.41, 5.74) is 1.76. The Morgan fingerprint density at radius 3 is 2.76 bits per heavy atom. The summed E-state index contributed by atoms with van der Waals surface area (Å²) in [6.07, 6.45) is 3.53. The number of nitrogens with zero attached hydrogens (tertiary/aromatic N) is 5. The number of likely N-dealkylation sites (tertiary alicyclic amines) is 1. The number of benzene rings is 2. The van der Waals surface area contributed by atoms with Crippen molar-refractivity contribution in [2.24, 2.45) is 0 Å². The van der Waals surface area contributed by atoms with Gasteiger partial charge in [-0.2, -0.15) is 5.10 Å². The molecule has 172 valence electrons. The van der Waals surface area contributed by atoms with Crippen LogP contribution in [0.1, 0.15) is 12.8 Å². The molecule has 0 bridgehead atoms. The lowest BCUT2D eigenvalue weighted by atomic mass is 10.2. The van der Waals surface area contributed by atoms with E-state index in [1.807, 2.05) is 23.1 Å². The number of ether oxygens (including phenoxy) is 1. The number of carbonyl (C=O) groups excluding carboxylic acids is 2. The number of methoxy groups -OCH3 is 1. The second-order valence-electron chi connectivity index (χ2n) is 8.41. The molecular weight excluding hydrogens is 425 g/mol. The Hall–Kier alpha value is -3.46. The highest BCUT2D eigenvalue weighted by molar-refractivity contribution is 6.04. The van der Waals surface area contributed by atoms with Crippen molar-refractivity contribution in [3.8, 4) is 5.69 Å². The molecule has 1 atom stereocenters. The Morgan fingerprint density at radius 1 is 1.12 bits per heavy atom. The molecule has 2 aliphatic heterocycles. The van der Waals surface area contributed by atoms with Gasteiger partial charge in [-0.15, -0.1) is 0 Å². The molecule has 8 nitrogen and oxygen atoms in total. The fraction of sp³-hybridized carbons (Fsp3) is 0.375. The molecule has 0 unspecified atom stereocenters. The van der Waals surface area contributed by atoms with Crippen LogP contribution in [-0.4, -0.2) is 77.5 Å². The number of halogens is 1. The topological polar surface area (TPSA) is 70.9 Å². The zero-order valence-corrected chi connectivity index (χ0v) is 18.5. The van der Waals surface area contributed by atoms with Gasteiger partial charge >= 0.3 is 6.03 Å². The Labute approximate surface area is 191 Å². The number of hydrogen-bond acceptors (Lipinski definition) is 4. The van der Waals surface area contributed by atoms with E-state index in [0.29, 0.717) is 43.1 Å². The van der Waals surface area contributed by atoms with E-state index in [4.69, 9.17) is 4.74 Å². The van der Waals surface area contributed by atoms with Crippen LogP contribution in [0.4, 0.5) is 14.9 Å². The number of amides is 3. The number of fused-ring (bicyclic) bond motifs is 1. The van der Waals surface area contributed by atoms with Gasteiger partial charge in [0.15, 0.2) is 0 Å². The molecular formula is C24H26FN5O3. The number of urea groups is 1. The van der Waals surface area contributed by atoms with E-state index in [2.05, 4.69) is 5.10 Å². The second-order valence-corrected chi connectivity index (χ2v) is 8.41. The summed E-state index contributed by atoms with van der Waals surface area (Å²) in [7, 11) is 1.64. The molecule has 0 spiro atoms. The summed E-state index contributed by atoms with van der Waals surface area (Å²) in [6, 6.07) is 11.8. The molecule has 33 heavy (non-hydrogen) atoms. The fourth-order valence-corrected chi connectivity index (χ4v) is 4.82. The summed E-state index contributed by atoms with van der Waals surface area (Å²) in [6.45, 7) is 2.20. The minimum absolute atomic E-state index is 0.0460. The molecule has 1 aromatic heterocycles. The van der Waals surface area contributed by atoms with Gasteiger partial charge in [-0.25, -0.2) is 13.9 Å². The first-order valence-corrected chi connectivity index (χ1v) is 11.1. The largest absolute Gasteiger partial charge is 0.383 e. The van der Waals surface area contributed by atoms with Crippen LogP contribution in [0, 0.1) is 5.82 Å². The molecule has 0 saturated carbocycles. The van der Waals surface area contributed by atoms with E-state index >= 15 is 0 Å². The Bertz CT molecular complexity index is 1200. The predicted molar refractivity (Wildman–Crippen MR) is 122 cm³/mol. The van der Waals surface area contributed by atoms with E-state index < -0.39 is 0 Å². The summed E-state index contributed by atoms with van der Waals surface area (Å²) in [5.74, 6) is -0.418. The van der Waals surface area contributed by atoms with Gasteiger partial charge in [0.05, 0.1) is 30.0 Å². The number of aromatic nitrogens is 2. The first-order valence-electron chi connectivity index (χ1n) is 11.1. The maximum Gasteiger partial charge on any atom is 0.325 e. The lowest BCUT2D eigenvalue weighted by molar-refractivity contribution is -0.133. The monoisotopic (exact) mass is 451 g/mol. The van der Waals surface area contributed by atoms with Crippen molar-refractivity contribution in [1.82, 2.24) is 19.6 Å². The quantitative estimate of drug-likeness (QED) is 0.578. The van der Waals surface area contributed by atoms with Gasteiger partial charge in [0, 0.05) is 32.1 Å². The van der Waals surface area contributed by atoms with Crippen LogP contribution in [0.25, 0.3) is 16.6 Å². The van der Waals surface area contributed by atoms with Crippen LogP contribution in [0.3, 0.4) is 0 Å². The Morgan fingerprint density at radius 2 is 1.94 bits per heavy atom. The molecule has 2 fully saturated rings. The minimum atomic E-state index is -0.372. The maximum absolute atomic E-state index is 14.3. The maximum atomic E-state index is 14.3. The highest BCUT2D eigenvalue weighted by atomic mass is 19.1. The van der Waals surface area contributed by atoms with Crippen molar-refractivity contribution in [1.29, 1.82) is 0 Å². The summed E-state index contributed by atoms with van der Waals surface area (Å²) in [4.78, 5) is 31.2. The molecule has 2 aliphatic rings. The number of anilines is 1. The van der Waals surface area contributed by atoms with Crippen molar-refractivity contribution in [3.05, 3.63) is 54.5 Å². The third kappa shape index (κ3) is 3.82. The number of carbonyl (C=O) groups is 2. The lowest BCUT2D eigenvalue weighted by Crippen LogP contribution is -2.45. The molecule has 9 heteroatoms. The van der Waals surface area contributed by atoms with E-state index in [0.717, 1.165) is 18.2 Å². The Balaban J connectivity index is 1.37. The molecule has 2 aromatic carbocycles. The molecule has 5 rings (SSSR count). The van der Waals surface area contributed by atoms with E-state index in [1.165, 1.54) is 6.07 Å². The molecule has 3 amide bonds. The van der Waals surface area contributed by atoms with Crippen molar-refractivity contribution < 1.29 is 18.7 Å². The second kappa shape index (κ2) is 8.82. The van der Waals surface area contributed by atoms with Gasteiger partial charge in [-0.1, -0.05) is 18.2 Å². The summed E-state index contributed by atoms with van der Waals surface area (Å²) >= 11 is 0. The van der Waals surface area contributed by atoms with Gasteiger partial charge in [-0.05, 0) is 37.1 Å². The highest BCUT2D eigenvalue weighted by Gasteiger charge is 2.35. The Kier molecular flexibility index (Phi) is 5.72. The third-order valence-corrected chi connectivity index (χ3v) is 6.44. The van der Waals surface area contributed by atoms with Crippen molar-refractivity contribution in [2.45, 2.75) is 18.9 Å². The van der Waals surface area contributed by atoms with Gasteiger partial charge in [-0.3, -0.25) is 9.69 Å². The van der Waals surface area contributed by atoms with E-state index in [-0.39, 0.29) is 30.3 Å². The van der Waals surface area contributed by atoms with Gasteiger partial charge < -0.3 is 14.5 Å². The molecule has 3 aromatic rings. The van der Waals surface area contributed by atoms with Crippen molar-refractivity contribution >= 4 is 28.5 Å². The first-order chi connectivity index (χ1) is 16.1. The van der Waals surface area contributed by atoms with Gasteiger partial charge in [0.2, 0.25) is 5.91 Å². The lowest BCUT2D eigenvalue weighted by Gasteiger charge is -2.26. The minimum Gasteiger partial charge on any atom is -0.383 e. The first kappa shape index (κ1) is 21.4. The average Bonchev–Trinajstić information content (AvgIpc) is 3.54. The molecule has 3 heterocycles. The van der Waals surface area contributed by atoms with E-state index in [1.54, 1.807) is 46.0 Å². The van der Waals surface area contributed by atoms with Gasteiger partial charge in [0.25, 0.3) is 0 Å². The van der Waals surface area contributed by atoms with Crippen LogP contribution in [-0.2, 0) is 9.53 Å². The fourth-order valence-electron chi connectivity index (χ4n) is 4.82. The number of rotatable bonds is 6. The summed E-state index contributed by atoms with van der Waals surface area (Å²) in [5, 5.41) is 5.13. The average molecular weight is 452 g/mol. The standard InChI is InChI=1S/C24H26FN5O3/c1-33-16-17-6-5-11-28(17)23(31)15-27-12-13-29(24(27)32)20-9-4-10-21-18(20)14-26-30(21)22-8-3-2-7-19(22)25/h2-4,7-10,14,17H,5-6,11-13,15-16H2,1H3/t17-/m1/s1. The molecule has 0 N–H and O–H groups in total.